The Balaban J connectivity index is 0.00000312. The molecule has 1 aromatic heterocycles. The van der Waals surface area contributed by atoms with E-state index in [1.54, 1.807) is 12.1 Å². The fourth-order valence-electron chi connectivity index (χ4n) is 1.86. The first-order valence-electron chi connectivity index (χ1n) is 7.12. The number of nitrogens with one attached hydrogen (secondary N) is 1. The van der Waals surface area contributed by atoms with Crippen molar-refractivity contribution in [1.82, 2.24) is 10.3 Å². The topological polar surface area (TPSA) is 77.2 Å². The van der Waals surface area contributed by atoms with Crippen LogP contribution in [0.4, 0.5) is 18.9 Å². The van der Waals surface area contributed by atoms with Crippen LogP contribution in [0.5, 0.6) is 5.88 Å². The number of hydrogen-bond acceptors (Lipinski definition) is 4. The van der Waals surface area contributed by atoms with E-state index in [1.807, 2.05) is 12.1 Å². The Morgan fingerprint density at radius 3 is 2.40 bits per heavy atom. The molecule has 136 valence electrons. The van der Waals surface area contributed by atoms with E-state index in [4.69, 9.17) is 5.73 Å². The maximum atomic E-state index is 12.0. The molecule has 0 fully saturated rings. The zero-order chi connectivity index (χ0) is 17.6. The van der Waals surface area contributed by atoms with Crippen LogP contribution in [0, 0.1) is 0 Å². The smallest absolute Gasteiger partial charge is 0.422 e. The van der Waals surface area contributed by atoms with Gasteiger partial charge in [0, 0.05) is 24.5 Å². The third kappa shape index (κ3) is 7.30. The molecule has 1 aromatic carbocycles. The summed E-state index contributed by atoms with van der Waals surface area (Å²) in [7, 11) is 0. The van der Waals surface area contributed by atoms with E-state index in [-0.39, 0.29) is 29.8 Å². The van der Waals surface area contributed by atoms with Crippen molar-refractivity contribution in [2.75, 3.05) is 18.9 Å². The van der Waals surface area contributed by atoms with Crippen molar-refractivity contribution in [3.63, 3.8) is 0 Å². The fraction of sp³-hybridized carbons (Fsp3) is 0.250. The average molecular weight is 376 g/mol. The SMILES string of the molecule is Cl.Nc1ccc(CCNC(=O)c2ccc(OCC(F)(F)F)nc2)cc1. The van der Waals surface area contributed by atoms with Gasteiger partial charge in [0.05, 0.1) is 5.56 Å². The molecule has 0 bridgehead atoms. The number of amides is 1. The lowest BCUT2D eigenvalue weighted by atomic mass is 10.1. The van der Waals surface area contributed by atoms with Gasteiger partial charge < -0.3 is 15.8 Å². The number of carbonyl (C=O) groups is 1. The van der Waals surface area contributed by atoms with Gasteiger partial charge in [-0.05, 0) is 30.2 Å². The standard InChI is InChI=1S/C16H16F3N3O2.ClH/c17-16(18,19)10-24-14-6-3-12(9-22-14)15(23)21-8-7-11-1-4-13(20)5-2-11;/h1-6,9H,7-8,10,20H2,(H,21,23);1H. The number of pyridine rings is 1. The second-order valence-electron chi connectivity index (χ2n) is 5.04. The molecule has 25 heavy (non-hydrogen) atoms. The number of nitrogen functional groups attached to an aromatic ring is 1. The van der Waals surface area contributed by atoms with Crippen LogP contribution in [0.2, 0.25) is 0 Å². The van der Waals surface area contributed by atoms with Gasteiger partial charge in [-0.1, -0.05) is 12.1 Å². The van der Waals surface area contributed by atoms with Crippen LogP contribution in [-0.4, -0.2) is 30.2 Å². The number of hydrogen-bond donors (Lipinski definition) is 2. The van der Waals surface area contributed by atoms with Gasteiger partial charge in [0.2, 0.25) is 5.88 Å². The Labute approximate surface area is 148 Å². The lowest BCUT2D eigenvalue weighted by molar-refractivity contribution is -0.154. The maximum absolute atomic E-state index is 12.0. The van der Waals surface area contributed by atoms with Crippen LogP contribution in [0.1, 0.15) is 15.9 Å². The molecule has 0 saturated heterocycles. The fourth-order valence-corrected chi connectivity index (χ4v) is 1.86. The van der Waals surface area contributed by atoms with Gasteiger partial charge in [-0.25, -0.2) is 4.98 Å². The number of rotatable bonds is 6. The van der Waals surface area contributed by atoms with Crippen molar-refractivity contribution in [3.8, 4) is 5.88 Å². The van der Waals surface area contributed by atoms with Crippen molar-refractivity contribution in [3.05, 3.63) is 53.7 Å². The lowest BCUT2D eigenvalue weighted by Crippen LogP contribution is -2.26. The number of benzene rings is 1. The van der Waals surface area contributed by atoms with Gasteiger partial charge in [0.1, 0.15) is 0 Å². The molecule has 0 spiro atoms. The van der Waals surface area contributed by atoms with Gasteiger partial charge >= 0.3 is 6.18 Å². The number of anilines is 1. The molecule has 1 heterocycles. The summed E-state index contributed by atoms with van der Waals surface area (Å²) < 4.78 is 40.6. The monoisotopic (exact) mass is 375 g/mol. The summed E-state index contributed by atoms with van der Waals surface area (Å²) in [6.45, 7) is -1.01. The van der Waals surface area contributed by atoms with E-state index in [2.05, 4.69) is 15.0 Å². The van der Waals surface area contributed by atoms with E-state index in [9.17, 15) is 18.0 Å². The maximum Gasteiger partial charge on any atom is 0.422 e. The third-order valence-corrected chi connectivity index (χ3v) is 3.06. The summed E-state index contributed by atoms with van der Waals surface area (Å²) in [6.07, 6.45) is -2.63. The summed E-state index contributed by atoms with van der Waals surface area (Å²) in [6, 6.07) is 9.88. The third-order valence-electron chi connectivity index (χ3n) is 3.06. The first kappa shape index (κ1) is 20.6. The first-order chi connectivity index (χ1) is 11.3. The minimum absolute atomic E-state index is 0. The van der Waals surface area contributed by atoms with Crippen LogP contribution in [0.25, 0.3) is 0 Å². The molecule has 9 heteroatoms. The molecule has 0 saturated carbocycles. The molecular weight excluding hydrogens is 359 g/mol. The van der Waals surface area contributed by atoms with Crippen LogP contribution in [0.3, 0.4) is 0 Å². The molecule has 2 aromatic rings. The predicted octanol–water partition coefficient (Wildman–Crippen LogP) is 3.00. The number of alkyl halides is 3. The Bertz CT molecular complexity index is 677. The van der Waals surface area contributed by atoms with E-state index in [0.29, 0.717) is 18.7 Å². The van der Waals surface area contributed by atoms with E-state index < -0.39 is 12.8 Å². The summed E-state index contributed by atoms with van der Waals surface area (Å²) >= 11 is 0. The molecule has 0 aliphatic heterocycles. The van der Waals surface area contributed by atoms with Crippen molar-refractivity contribution in [1.29, 1.82) is 0 Å². The number of nitrogens with two attached hydrogens (primary N) is 1. The number of ether oxygens (including phenoxy) is 1. The predicted molar refractivity (Wildman–Crippen MR) is 89.9 cm³/mol. The van der Waals surface area contributed by atoms with Crippen LogP contribution < -0.4 is 15.8 Å². The van der Waals surface area contributed by atoms with Crippen molar-refractivity contribution in [2.24, 2.45) is 0 Å². The van der Waals surface area contributed by atoms with Crippen LogP contribution >= 0.6 is 12.4 Å². The summed E-state index contributed by atoms with van der Waals surface area (Å²) in [4.78, 5) is 15.6. The van der Waals surface area contributed by atoms with E-state index in [1.165, 1.54) is 18.3 Å². The minimum atomic E-state index is -4.43. The highest BCUT2D eigenvalue weighted by Crippen LogP contribution is 2.17. The minimum Gasteiger partial charge on any atom is -0.468 e. The van der Waals surface area contributed by atoms with Crippen LogP contribution in [-0.2, 0) is 6.42 Å². The molecule has 5 nitrogen and oxygen atoms in total. The zero-order valence-electron chi connectivity index (χ0n) is 13.0. The van der Waals surface area contributed by atoms with Gasteiger partial charge in [-0.15, -0.1) is 12.4 Å². The lowest BCUT2D eigenvalue weighted by Gasteiger charge is -2.09. The van der Waals surface area contributed by atoms with Gasteiger partial charge in [0.25, 0.3) is 5.91 Å². The Hall–Kier alpha value is -2.48. The van der Waals surface area contributed by atoms with Crippen molar-refractivity contribution < 1.29 is 22.7 Å². The number of aromatic nitrogens is 1. The number of carbonyl (C=O) groups excluding carboxylic acids is 1. The first-order valence-corrected chi connectivity index (χ1v) is 7.12. The molecule has 3 N–H and O–H groups in total. The highest BCUT2D eigenvalue weighted by atomic mass is 35.5. The molecule has 0 unspecified atom stereocenters. The molecule has 2 rings (SSSR count). The quantitative estimate of drug-likeness (QED) is 0.761. The normalized spacial score (nSPS) is 10.7. The average Bonchev–Trinajstić information content (AvgIpc) is 2.54. The highest BCUT2D eigenvalue weighted by Gasteiger charge is 2.28. The van der Waals surface area contributed by atoms with Crippen molar-refractivity contribution >= 4 is 24.0 Å². The number of nitrogens with zero attached hydrogens (tertiary/aromatic N) is 1. The molecule has 0 aliphatic carbocycles. The van der Waals surface area contributed by atoms with Crippen LogP contribution in [0.15, 0.2) is 42.6 Å². The zero-order valence-corrected chi connectivity index (χ0v) is 13.9. The van der Waals surface area contributed by atoms with Gasteiger partial charge in [-0.3, -0.25) is 4.79 Å². The summed E-state index contributed by atoms with van der Waals surface area (Å²) in [5, 5.41) is 2.71. The molecule has 1 amide bonds. The van der Waals surface area contributed by atoms with E-state index >= 15 is 0 Å². The Morgan fingerprint density at radius 2 is 1.84 bits per heavy atom. The Morgan fingerprint density at radius 1 is 1.16 bits per heavy atom. The second kappa shape index (κ2) is 9.12. The van der Waals surface area contributed by atoms with Crippen molar-refractivity contribution in [2.45, 2.75) is 12.6 Å². The largest absolute Gasteiger partial charge is 0.468 e. The number of halogens is 4. The second-order valence-corrected chi connectivity index (χ2v) is 5.04. The summed E-state index contributed by atoms with van der Waals surface area (Å²) in [5.74, 6) is -0.550. The highest BCUT2D eigenvalue weighted by molar-refractivity contribution is 5.93. The van der Waals surface area contributed by atoms with E-state index in [0.717, 1.165) is 5.56 Å². The molecule has 0 atom stereocenters. The van der Waals surface area contributed by atoms with Gasteiger partial charge in [-0.2, -0.15) is 13.2 Å². The summed E-state index contributed by atoms with van der Waals surface area (Å²) in [5.41, 5.74) is 7.52. The van der Waals surface area contributed by atoms with Gasteiger partial charge in [0.15, 0.2) is 6.61 Å². The molecular formula is C16H17ClF3N3O2. The molecule has 0 radical (unpaired) electrons. The Kier molecular flexibility index (Phi) is 7.50. The molecule has 0 aliphatic rings.